The Balaban J connectivity index is 1.55. The molecule has 0 bridgehead atoms. The Morgan fingerprint density at radius 3 is 2.72 bits per heavy atom. The average molecular weight is 552 g/mol. The van der Waals surface area contributed by atoms with Crippen LogP contribution in [0.3, 0.4) is 0 Å². The van der Waals surface area contributed by atoms with E-state index in [0.29, 0.717) is 0 Å². The normalized spacial score (nSPS) is 20.0. The second-order valence-corrected chi connectivity index (χ2v) is 10.3. The fourth-order valence-electron chi connectivity index (χ4n) is 4.38. The Bertz CT molecular complexity index is 1510. The quantitative estimate of drug-likeness (QED) is 0.332. The maximum Gasteiger partial charge on any atom is 0.393 e. The van der Waals surface area contributed by atoms with E-state index >= 15 is 0 Å². The number of carbonyl (C=O) groups excluding carboxylic acids is 1. The summed E-state index contributed by atoms with van der Waals surface area (Å²) in [7, 11) is 0. The van der Waals surface area contributed by atoms with Crippen LogP contribution < -0.4 is 16.4 Å². The van der Waals surface area contributed by atoms with Gasteiger partial charge in [0.15, 0.2) is 0 Å². The Hall–Kier alpha value is -3.79. The zero-order chi connectivity index (χ0) is 31.0. The van der Waals surface area contributed by atoms with E-state index in [9.17, 15) is 22.4 Å². The van der Waals surface area contributed by atoms with E-state index in [1.54, 1.807) is 6.07 Å². The molecule has 3 aromatic rings. The van der Waals surface area contributed by atoms with Crippen molar-refractivity contribution in [2.75, 3.05) is 37.7 Å². The molecule has 3 aromatic heterocycles. The van der Waals surface area contributed by atoms with Crippen LogP contribution in [0, 0.1) is 11.8 Å². The van der Waals surface area contributed by atoms with E-state index < -0.39 is 43.2 Å². The highest BCUT2D eigenvalue weighted by Crippen LogP contribution is 2.29. The number of piperidine rings is 1. The monoisotopic (exact) mass is 551 g/mol. The Morgan fingerprint density at radius 2 is 2.08 bits per heavy atom. The van der Waals surface area contributed by atoms with Gasteiger partial charge in [-0.15, -0.1) is 0 Å². The van der Waals surface area contributed by atoms with Crippen molar-refractivity contribution in [2.24, 2.45) is 0 Å². The van der Waals surface area contributed by atoms with E-state index in [2.05, 4.69) is 32.7 Å². The van der Waals surface area contributed by atoms with Gasteiger partial charge in [0.2, 0.25) is 0 Å². The number of rotatable bonds is 5. The number of aromatic nitrogens is 4. The van der Waals surface area contributed by atoms with Crippen molar-refractivity contribution in [2.45, 2.75) is 57.5 Å². The first-order valence-corrected chi connectivity index (χ1v) is 12.3. The molecule has 0 spiro atoms. The maximum absolute atomic E-state index is 14.9. The number of halogens is 4. The number of alkyl halides is 4. The summed E-state index contributed by atoms with van der Waals surface area (Å²) in [5.74, 6) is 5.12. The van der Waals surface area contributed by atoms with Crippen LogP contribution in [0.15, 0.2) is 24.4 Å². The molecule has 0 saturated carbocycles. The van der Waals surface area contributed by atoms with Gasteiger partial charge in [-0.05, 0) is 52.2 Å². The van der Waals surface area contributed by atoms with Crippen LogP contribution in [0.1, 0.15) is 52.9 Å². The minimum absolute atomic E-state index is 0.119. The molecule has 210 valence electrons. The van der Waals surface area contributed by atoms with Gasteiger partial charge in [0, 0.05) is 22.8 Å². The highest BCUT2D eigenvalue weighted by Gasteiger charge is 2.32. The molecule has 0 radical (unpaired) electrons. The number of anilines is 2. The predicted octanol–water partition coefficient (Wildman–Crippen LogP) is 3.21. The van der Waals surface area contributed by atoms with Gasteiger partial charge >= 0.3 is 6.18 Å². The fraction of sp³-hybridized carbons (Fsp3) is 0.500. The van der Waals surface area contributed by atoms with Crippen molar-refractivity contribution in [3.8, 4) is 11.8 Å². The lowest BCUT2D eigenvalue weighted by molar-refractivity contribution is -0.127. The summed E-state index contributed by atoms with van der Waals surface area (Å²) in [5.41, 5.74) is 5.55. The smallest absolute Gasteiger partial charge is 0.383 e. The van der Waals surface area contributed by atoms with Crippen molar-refractivity contribution in [1.29, 1.82) is 0 Å². The number of nitrogen functional groups attached to an aromatic ring is 1. The third kappa shape index (κ3) is 6.44. The molecule has 9 nitrogen and oxygen atoms in total. The minimum Gasteiger partial charge on any atom is -0.383 e. The van der Waals surface area contributed by atoms with Crippen molar-refractivity contribution in [3.63, 3.8) is 0 Å². The molecule has 0 unspecified atom stereocenters. The topological polar surface area (TPSA) is 106 Å². The summed E-state index contributed by atoms with van der Waals surface area (Å²) < 4.78 is 80.7. The molecule has 1 amide bonds. The molecule has 1 aliphatic heterocycles. The summed E-state index contributed by atoms with van der Waals surface area (Å²) >= 11 is 0. The summed E-state index contributed by atoms with van der Waals surface area (Å²) in [6.45, 7) is 2.80. The highest BCUT2D eigenvalue weighted by atomic mass is 19.4. The molecule has 1 fully saturated rings. The van der Waals surface area contributed by atoms with Crippen molar-refractivity contribution in [3.05, 3.63) is 41.2 Å². The standard InChI is InChI=1S/C26H32F4N8O/c1-25(2,3)38-23(31)17(14-33-38)24(39)32-11-6-7-19-16(13-26(28,29)30)21-8-5-9-22(37(21)35-19)34-20-10-12-36(4)15-18(20)27/h5,8-9,14,18,20,34H,10-13,15,31H2,1-4H3,(H,32,39)/t18-,20+/m0/s1/i4D3. The maximum atomic E-state index is 14.9. The van der Waals surface area contributed by atoms with Crippen LogP contribution in [0.5, 0.6) is 0 Å². The number of carbonyl (C=O) groups is 1. The predicted molar refractivity (Wildman–Crippen MR) is 140 cm³/mol. The third-order valence-electron chi connectivity index (χ3n) is 6.24. The van der Waals surface area contributed by atoms with Crippen molar-refractivity contribution < 1.29 is 26.5 Å². The lowest BCUT2D eigenvalue weighted by Gasteiger charge is -2.33. The van der Waals surface area contributed by atoms with Gasteiger partial charge in [-0.1, -0.05) is 12.0 Å². The third-order valence-corrected chi connectivity index (χ3v) is 6.24. The number of nitrogens with two attached hydrogens (primary N) is 1. The van der Waals surface area contributed by atoms with E-state index in [1.807, 2.05) is 20.8 Å². The second-order valence-electron chi connectivity index (χ2n) is 10.3. The van der Waals surface area contributed by atoms with Gasteiger partial charge in [-0.25, -0.2) is 13.6 Å². The largest absolute Gasteiger partial charge is 0.393 e. The Morgan fingerprint density at radius 1 is 1.31 bits per heavy atom. The summed E-state index contributed by atoms with van der Waals surface area (Å²) in [5, 5.41) is 14.0. The van der Waals surface area contributed by atoms with Crippen molar-refractivity contribution in [1.82, 2.24) is 29.6 Å². The van der Waals surface area contributed by atoms with Crippen LogP contribution in [-0.2, 0) is 12.0 Å². The number of pyridine rings is 1. The molecule has 0 aromatic carbocycles. The summed E-state index contributed by atoms with van der Waals surface area (Å²) in [4.78, 5) is 13.7. The second kappa shape index (κ2) is 10.8. The first-order chi connectivity index (χ1) is 19.5. The first-order valence-electron chi connectivity index (χ1n) is 13.8. The highest BCUT2D eigenvalue weighted by molar-refractivity contribution is 5.98. The molecule has 4 N–H and O–H groups in total. The van der Waals surface area contributed by atoms with Crippen LogP contribution in [0.25, 0.3) is 5.52 Å². The van der Waals surface area contributed by atoms with Crippen LogP contribution in [0.4, 0.5) is 29.2 Å². The van der Waals surface area contributed by atoms with Gasteiger partial charge in [0.1, 0.15) is 29.1 Å². The molecule has 4 rings (SSSR count). The number of nitrogens with zero attached hydrogens (tertiary/aromatic N) is 5. The number of hydrogen-bond acceptors (Lipinski definition) is 6. The van der Waals surface area contributed by atoms with Gasteiger partial charge in [0.25, 0.3) is 5.91 Å². The van der Waals surface area contributed by atoms with Gasteiger partial charge in [-0.3, -0.25) is 4.79 Å². The minimum atomic E-state index is -4.56. The molecule has 1 aliphatic rings. The first kappa shape index (κ1) is 24.3. The number of fused-ring (bicyclic) bond motifs is 1. The molecular formula is C26H32F4N8O. The van der Waals surface area contributed by atoms with Crippen LogP contribution >= 0.6 is 0 Å². The summed E-state index contributed by atoms with van der Waals surface area (Å²) in [6.07, 6.45) is -5.91. The number of hydrogen-bond donors (Lipinski definition) is 3. The molecule has 2 atom stereocenters. The van der Waals surface area contributed by atoms with Gasteiger partial charge in [0.05, 0.1) is 36.3 Å². The van der Waals surface area contributed by atoms with Crippen LogP contribution in [-0.4, -0.2) is 75.2 Å². The van der Waals surface area contributed by atoms with E-state index in [4.69, 9.17) is 9.85 Å². The number of likely N-dealkylation sites (tertiary alicyclic amines) is 1. The van der Waals surface area contributed by atoms with Gasteiger partial charge < -0.3 is 21.3 Å². The molecule has 39 heavy (non-hydrogen) atoms. The Kier molecular flexibility index (Phi) is 6.70. The molecule has 0 aliphatic carbocycles. The van der Waals surface area contributed by atoms with Crippen LogP contribution in [0.2, 0.25) is 0 Å². The zero-order valence-corrected chi connectivity index (χ0v) is 21.7. The lowest BCUT2D eigenvalue weighted by atomic mass is 10.0. The van der Waals surface area contributed by atoms with Crippen molar-refractivity contribution >= 4 is 23.1 Å². The number of nitrogens with one attached hydrogen (secondary N) is 2. The summed E-state index contributed by atoms with van der Waals surface area (Å²) in [6, 6.07) is 3.74. The van der Waals surface area contributed by atoms with E-state index in [0.717, 1.165) is 4.90 Å². The molecule has 4 heterocycles. The Labute approximate surface area is 227 Å². The average Bonchev–Trinajstić information content (AvgIpc) is 3.42. The lowest BCUT2D eigenvalue weighted by Crippen LogP contribution is -2.46. The number of amides is 1. The van der Waals surface area contributed by atoms with E-state index in [-0.39, 0.29) is 60.0 Å². The van der Waals surface area contributed by atoms with E-state index in [1.165, 1.54) is 27.5 Å². The fourth-order valence-corrected chi connectivity index (χ4v) is 4.38. The molecule has 1 saturated heterocycles. The van der Waals surface area contributed by atoms with Gasteiger partial charge in [-0.2, -0.15) is 23.4 Å². The molecular weight excluding hydrogens is 516 g/mol. The zero-order valence-electron chi connectivity index (χ0n) is 24.7. The SMILES string of the molecule is [2H]C([2H])([2H])N1CC[C@@H](Nc2cccc3c(CC(F)(F)F)c(C#CCNC(=O)c4cnn(C(C)(C)C)c4N)nn23)[C@@H](F)C1. The molecule has 13 heteroatoms.